The van der Waals surface area contributed by atoms with Crippen LogP contribution in [-0.4, -0.2) is 16.2 Å². The SMILES string of the molecule is Cc1cc(C)c(C#N)c(SC(C)C(=O)[O-])n1. The number of aliphatic carboxylic acids is 1. The molecule has 16 heavy (non-hydrogen) atoms. The van der Waals surface area contributed by atoms with Crippen molar-refractivity contribution in [3.8, 4) is 6.07 Å². The van der Waals surface area contributed by atoms with Crippen LogP contribution < -0.4 is 5.11 Å². The maximum absolute atomic E-state index is 10.6. The minimum absolute atomic E-state index is 0.434. The number of aromatic nitrogens is 1. The van der Waals surface area contributed by atoms with Gasteiger partial charge in [-0.15, -0.1) is 0 Å². The van der Waals surface area contributed by atoms with E-state index < -0.39 is 11.2 Å². The van der Waals surface area contributed by atoms with E-state index in [9.17, 15) is 9.90 Å². The van der Waals surface area contributed by atoms with E-state index in [0.717, 1.165) is 23.0 Å². The van der Waals surface area contributed by atoms with Gasteiger partial charge in [0.2, 0.25) is 0 Å². The average Bonchev–Trinajstić information content (AvgIpc) is 2.16. The summed E-state index contributed by atoms with van der Waals surface area (Å²) in [6, 6.07) is 3.84. The molecule has 0 spiro atoms. The number of pyridine rings is 1. The average molecular weight is 235 g/mol. The van der Waals surface area contributed by atoms with Crippen LogP contribution in [0.3, 0.4) is 0 Å². The van der Waals surface area contributed by atoms with Crippen LogP contribution in [0.2, 0.25) is 0 Å². The van der Waals surface area contributed by atoms with Crippen LogP contribution in [0.1, 0.15) is 23.7 Å². The molecule has 1 aromatic rings. The molecule has 0 fully saturated rings. The van der Waals surface area contributed by atoms with Gasteiger partial charge in [-0.2, -0.15) is 5.26 Å². The minimum atomic E-state index is -1.16. The van der Waals surface area contributed by atoms with Crippen molar-refractivity contribution in [2.75, 3.05) is 0 Å². The molecule has 0 saturated carbocycles. The number of hydrogen-bond donors (Lipinski definition) is 0. The predicted octanol–water partition coefficient (Wildman–Crippen LogP) is 0.801. The smallest absolute Gasteiger partial charge is 0.115 e. The number of hydrogen-bond acceptors (Lipinski definition) is 5. The first-order valence-electron chi connectivity index (χ1n) is 4.71. The maximum Gasteiger partial charge on any atom is 0.115 e. The van der Waals surface area contributed by atoms with Crippen LogP contribution in [0.25, 0.3) is 0 Å². The van der Waals surface area contributed by atoms with Crippen molar-refractivity contribution in [1.29, 1.82) is 5.26 Å². The van der Waals surface area contributed by atoms with Crippen LogP contribution in [0.5, 0.6) is 0 Å². The van der Waals surface area contributed by atoms with Gasteiger partial charge in [-0.1, -0.05) is 11.8 Å². The van der Waals surface area contributed by atoms with E-state index in [1.54, 1.807) is 13.0 Å². The number of nitriles is 1. The van der Waals surface area contributed by atoms with Crippen molar-refractivity contribution in [2.45, 2.75) is 31.0 Å². The molecule has 0 aromatic carbocycles. The summed E-state index contributed by atoms with van der Waals surface area (Å²) in [6.07, 6.45) is 0. The minimum Gasteiger partial charge on any atom is -0.549 e. The molecule has 1 unspecified atom stereocenters. The van der Waals surface area contributed by atoms with Gasteiger partial charge in [-0.25, -0.2) is 4.98 Å². The van der Waals surface area contributed by atoms with Gasteiger partial charge in [0.05, 0.1) is 11.5 Å². The quantitative estimate of drug-likeness (QED) is 0.724. The molecule has 0 N–H and O–H groups in total. The van der Waals surface area contributed by atoms with E-state index in [0.29, 0.717) is 10.6 Å². The van der Waals surface area contributed by atoms with Crippen molar-refractivity contribution < 1.29 is 9.90 Å². The molecule has 4 nitrogen and oxygen atoms in total. The first kappa shape index (κ1) is 12.5. The largest absolute Gasteiger partial charge is 0.549 e. The number of nitrogens with zero attached hydrogens (tertiary/aromatic N) is 2. The highest BCUT2D eigenvalue weighted by atomic mass is 32.2. The Hall–Kier alpha value is -1.54. The number of rotatable bonds is 3. The monoisotopic (exact) mass is 235 g/mol. The van der Waals surface area contributed by atoms with Crippen molar-refractivity contribution in [3.05, 3.63) is 22.9 Å². The zero-order valence-electron chi connectivity index (χ0n) is 9.27. The molecular formula is C11H11N2O2S-. The molecule has 1 heterocycles. The summed E-state index contributed by atoms with van der Waals surface area (Å²) in [5, 5.41) is 19.3. The van der Waals surface area contributed by atoms with Gasteiger partial charge in [0, 0.05) is 10.9 Å². The first-order chi connectivity index (χ1) is 7.45. The molecule has 0 radical (unpaired) electrons. The first-order valence-corrected chi connectivity index (χ1v) is 5.59. The number of carbonyl (C=O) groups excluding carboxylic acids is 1. The number of thioether (sulfide) groups is 1. The second-order valence-electron chi connectivity index (χ2n) is 3.45. The fourth-order valence-electron chi connectivity index (χ4n) is 1.24. The molecule has 1 atom stereocenters. The van der Waals surface area contributed by atoms with E-state index in [4.69, 9.17) is 5.26 Å². The zero-order chi connectivity index (χ0) is 12.3. The van der Waals surface area contributed by atoms with E-state index in [-0.39, 0.29) is 0 Å². The lowest BCUT2D eigenvalue weighted by atomic mass is 10.1. The third kappa shape index (κ3) is 2.74. The van der Waals surface area contributed by atoms with Gasteiger partial charge in [0.15, 0.2) is 0 Å². The van der Waals surface area contributed by atoms with Crippen molar-refractivity contribution in [2.24, 2.45) is 0 Å². The standard InChI is InChI=1S/C11H12N2O2S/c1-6-4-7(2)13-10(9(6)5-12)16-8(3)11(14)15/h4,8H,1-3H3,(H,14,15)/p-1. The number of carbonyl (C=O) groups is 1. The zero-order valence-corrected chi connectivity index (χ0v) is 10.1. The second-order valence-corrected chi connectivity index (χ2v) is 4.78. The van der Waals surface area contributed by atoms with Crippen LogP contribution in [0.4, 0.5) is 0 Å². The Kier molecular flexibility index (Phi) is 3.91. The Balaban J connectivity index is 3.13. The van der Waals surface area contributed by atoms with E-state index in [2.05, 4.69) is 4.98 Å². The normalized spacial score (nSPS) is 11.9. The highest BCUT2D eigenvalue weighted by Crippen LogP contribution is 2.26. The number of carboxylic acid groups (broad SMARTS) is 1. The summed E-state index contributed by atoms with van der Waals surface area (Å²) in [7, 11) is 0. The Morgan fingerprint density at radius 2 is 2.25 bits per heavy atom. The molecule has 5 heteroatoms. The highest BCUT2D eigenvalue weighted by molar-refractivity contribution is 8.00. The molecule has 0 aliphatic heterocycles. The Bertz CT molecular complexity index is 466. The van der Waals surface area contributed by atoms with Crippen molar-refractivity contribution in [3.63, 3.8) is 0 Å². The molecule has 0 aliphatic rings. The van der Waals surface area contributed by atoms with Crippen molar-refractivity contribution in [1.82, 2.24) is 4.98 Å². The summed E-state index contributed by atoms with van der Waals surface area (Å²) < 4.78 is 0. The second kappa shape index (κ2) is 4.99. The summed E-state index contributed by atoms with van der Waals surface area (Å²) in [5.74, 6) is -1.16. The Labute approximate surface area is 98.3 Å². The fourth-order valence-corrected chi connectivity index (χ4v) is 2.19. The van der Waals surface area contributed by atoms with Gasteiger partial charge in [0.25, 0.3) is 0 Å². The molecule has 0 aliphatic carbocycles. The molecule has 1 rings (SSSR count). The summed E-state index contributed by atoms with van der Waals surface area (Å²) in [6.45, 7) is 5.13. The van der Waals surface area contributed by atoms with Crippen LogP contribution >= 0.6 is 11.8 Å². The maximum atomic E-state index is 10.6. The van der Waals surface area contributed by atoms with Gasteiger partial charge in [-0.05, 0) is 32.4 Å². The van der Waals surface area contributed by atoms with Crippen LogP contribution in [-0.2, 0) is 4.79 Å². The van der Waals surface area contributed by atoms with Gasteiger partial charge >= 0.3 is 0 Å². The van der Waals surface area contributed by atoms with E-state index in [1.807, 2.05) is 13.0 Å². The molecule has 0 amide bonds. The fraction of sp³-hybridized carbons (Fsp3) is 0.364. The van der Waals surface area contributed by atoms with E-state index in [1.165, 1.54) is 6.92 Å². The topological polar surface area (TPSA) is 76.8 Å². The van der Waals surface area contributed by atoms with Gasteiger partial charge in [0.1, 0.15) is 11.1 Å². The lowest BCUT2D eigenvalue weighted by Gasteiger charge is -2.13. The predicted molar refractivity (Wildman–Crippen MR) is 58.8 cm³/mol. The van der Waals surface area contributed by atoms with Gasteiger partial charge < -0.3 is 9.90 Å². The van der Waals surface area contributed by atoms with E-state index >= 15 is 0 Å². The van der Waals surface area contributed by atoms with Crippen molar-refractivity contribution >= 4 is 17.7 Å². The highest BCUT2D eigenvalue weighted by Gasteiger charge is 2.13. The molecular weight excluding hydrogens is 224 g/mol. The molecule has 84 valence electrons. The lowest BCUT2D eigenvalue weighted by molar-refractivity contribution is -0.304. The summed E-state index contributed by atoms with van der Waals surface area (Å²) >= 11 is 1.04. The summed E-state index contributed by atoms with van der Waals surface area (Å²) in [4.78, 5) is 14.8. The Morgan fingerprint density at radius 1 is 1.62 bits per heavy atom. The van der Waals surface area contributed by atoms with Crippen LogP contribution in [0, 0.1) is 25.2 Å². The lowest BCUT2D eigenvalue weighted by Crippen LogP contribution is -2.31. The Morgan fingerprint density at radius 3 is 2.75 bits per heavy atom. The molecule has 0 saturated heterocycles. The third-order valence-corrected chi connectivity index (χ3v) is 3.11. The molecule has 0 bridgehead atoms. The third-order valence-electron chi connectivity index (χ3n) is 2.04. The van der Waals surface area contributed by atoms with Gasteiger partial charge in [-0.3, -0.25) is 0 Å². The number of aryl methyl sites for hydroxylation is 2. The van der Waals surface area contributed by atoms with Crippen LogP contribution in [0.15, 0.2) is 11.1 Å². The number of carboxylic acids is 1. The summed E-state index contributed by atoms with van der Waals surface area (Å²) in [5.41, 5.74) is 2.01. The molecule has 1 aromatic heterocycles.